The average Bonchev–Trinajstić information content (AvgIpc) is 2.78. The van der Waals surface area contributed by atoms with Crippen LogP contribution in [0.25, 0.3) is 0 Å². The maximum atomic E-state index is 11.8. The van der Waals surface area contributed by atoms with Crippen LogP contribution in [0.5, 0.6) is 0 Å². The van der Waals surface area contributed by atoms with E-state index < -0.39 is 5.54 Å². The molecule has 0 fully saturated rings. The van der Waals surface area contributed by atoms with Gasteiger partial charge in [-0.2, -0.15) is 4.37 Å². The summed E-state index contributed by atoms with van der Waals surface area (Å²) in [6, 6.07) is 0. The van der Waals surface area contributed by atoms with Gasteiger partial charge in [-0.15, -0.1) is 0 Å². The largest absolute Gasteiger partial charge is 0.468 e. The first kappa shape index (κ1) is 15.4. The Morgan fingerprint density at radius 3 is 2.83 bits per heavy atom. The standard InChI is InChI=1S/C11H19N3O2S2/c1-5-6-12-11(3,9(15)16-4)7-17-10-13-8(2)14-18-10/h12H,5-7H2,1-4H3. The second kappa shape index (κ2) is 7.06. The molecule has 1 aromatic heterocycles. The number of esters is 1. The van der Waals surface area contributed by atoms with E-state index in [-0.39, 0.29) is 5.97 Å². The summed E-state index contributed by atoms with van der Waals surface area (Å²) in [5.74, 6) is 1.10. The minimum atomic E-state index is -0.686. The Bertz CT molecular complexity index is 397. The number of nitrogens with zero attached hydrogens (tertiary/aromatic N) is 2. The van der Waals surface area contributed by atoms with E-state index in [2.05, 4.69) is 21.6 Å². The zero-order valence-electron chi connectivity index (χ0n) is 11.1. The van der Waals surface area contributed by atoms with Crippen molar-refractivity contribution in [1.29, 1.82) is 0 Å². The molecule has 0 bridgehead atoms. The Labute approximate surface area is 116 Å². The summed E-state index contributed by atoms with van der Waals surface area (Å²) >= 11 is 2.88. The van der Waals surface area contributed by atoms with Crippen LogP contribution in [0.2, 0.25) is 0 Å². The van der Waals surface area contributed by atoms with Crippen LogP contribution in [-0.4, -0.2) is 40.3 Å². The molecular formula is C11H19N3O2S2. The summed E-state index contributed by atoms with van der Waals surface area (Å²) in [4.78, 5) is 16.1. The summed E-state index contributed by atoms with van der Waals surface area (Å²) < 4.78 is 9.85. The molecule has 1 aromatic rings. The molecule has 7 heteroatoms. The Morgan fingerprint density at radius 2 is 2.33 bits per heavy atom. The maximum absolute atomic E-state index is 11.8. The molecule has 18 heavy (non-hydrogen) atoms. The summed E-state index contributed by atoms with van der Waals surface area (Å²) in [7, 11) is 1.41. The summed E-state index contributed by atoms with van der Waals surface area (Å²) in [5, 5.41) is 3.23. The highest BCUT2D eigenvalue weighted by atomic mass is 32.2. The molecule has 0 saturated heterocycles. The lowest BCUT2D eigenvalue weighted by Gasteiger charge is -2.27. The summed E-state index contributed by atoms with van der Waals surface area (Å²) in [6.45, 7) is 6.55. The minimum absolute atomic E-state index is 0.246. The molecule has 1 rings (SSSR count). The van der Waals surface area contributed by atoms with Gasteiger partial charge in [-0.3, -0.25) is 4.79 Å². The zero-order valence-corrected chi connectivity index (χ0v) is 12.8. The predicted molar refractivity (Wildman–Crippen MR) is 74.1 cm³/mol. The second-order valence-corrected chi connectivity index (χ2v) is 6.12. The topological polar surface area (TPSA) is 64.1 Å². The van der Waals surface area contributed by atoms with Crippen LogP contribution in [0.4, 0.5) is 0 Å². The first-order valence-electron chi connectivity index (χ1n) is 5.78. The van der Waals surface area contributed by atoms with Crippen LogP contribution in [0, 0.1) is 6.92 Å². The van der Waals surface area contributed by atoms with Gasteiger partial charge >= 0.3 is 5.97 Å². The predicted octanol–water partition coefficient (Wildman–Crippen LogP) is 1.87. The molecule has 1 N–H and O–H groups in total. The van der Waals surface area contributed by atoms with E-state index in [0.29, 0.717) is 5.75 Å². The fraction of sp³-hybridized carbons (Fsp3) is 0.727. The Hall–Kier alpha value is -0.660. The maximum Gasteiger partial charge on any atom is 0.326 e. The lowest BCUT2D eigenvalue weighted by Crippen LogP contribution is -2.52. The van der Waals surface area contributed by atoms with E-state index >= 15 is 0 Å². The third-order valence-corrected chi connectivity index (χ3v) is 4.63. The van der Waals surface area contributed by atoms with E-state index in [4.69, 9.17) is 4.74 Å². The molecule has 0 aromatic carbocycles. The Kier molecular flexibility index (Phi) is 6.04. The molecule has 0 amide bonds. The van der Waals surface area contributed by atoms with Gasteiger partial charge in [0.05, 0.1) is 7.11 Å². The molecule has 0 saturated carbocycles. The van der Waals surface area contributed by atoms with Gasteiger partial charge in [-0.05, 0) is 38.3 Å². The van der Waals surface area contributed by atoms with Gasteiger partial charge < -0.3 is 10.1 Å². The van der Waals surface area contributed by atoms with Crippen molar-refractivity contribution in [3.63, 3.8) is 0 Å². The van der Waals surface area contributed by atoms with Gasteiger partial charge in [0, 0.05) is 5.75 Å². The van der Waals surface area contributed by atoms with E-state index in [1.807, 2.05) is 13.8 Å². The lowest BCUT2D eigenvalue weighted by atomic mass is 10.1. The van der Waals surface area contributed by atoms with E-state index in [0.717, 1.165) is 23.1 Å². The average molecular weight is 289 g/mol. The van der Waals surface area contributed by atoms with Crippen molar-refractivity contribution >= 4 is 29.3 Å². The highest BCUT2D eigenvalue weighted by Gasteiger charge is 2.34. The van der Waals surface area contributed by atoms with Crippen molar-refractivity contribution in [2.24, 2.45) is 0 Å². The van der Waals surface area contributed by atoms with E-state index in [9.17, 15) is 4.79 Å². The van der Waals surface area contributed by atoms with Crippen LogP contribution < -0.4 is 5.32 Å². The lowest BCUT2D eigenvalue weighted by molar-refractivity contribution is -0.146. The Morgan fingerprint density at radius 1 is 1.61 bits per heavy atom. The molecule has 0 radical (unpaired) electrons. The Balaban J connectivity index is 2.63. The van der Waals surface area contributed by atoms with Crippen LogP contribution in [0.3, 0.4) is 0 Å². The van der Waals surface area contributed by atoms with Crippen molar-refractivity contribution in [1.82, 2.24) is 14.7 Å². The molecule has 0 aliphatic rings. The number of carbonyl (C=O) groups is 1. The van der Waals surface area contributed by atoms with Crippen LogP contribution in [-0.2, 0) is 9.53 Å². The van der Waals surface area contributed by atoms with Crippen molar-refractivity contribution in [2.45, 2.75) is 37.1 Å². The van der Waals surface area contributed by atoms with Gasteiger partial charge in [0.15, 0.2) is 4.34 Å². The van der Waals surface area contributed by atoms with Crippen LogP contribution in [0.15, 0.2) is 4.34 Å². The number of thioether (sulfide) groups is 1. The normalized spacial score (nSPS) is 14.2. The molecular weight excluding hydrogens is 270 g/mol. The van der Waals surface area contributed by atoms with Crippen molar-refractivity contribution in [3.8, 4) is 0 Å². The number of aryl methyl sites for hydroxylation is 1. The van der Waals surface area contributed by atoms with E-state index in [1.165, 1.54) is 30.4 Å². The summed E-state index contributed by atoms with van der Waals surface area (Å²) in [6.07, 6.45) is 0.967. The highest BCUT2D eigenvalue weighted by Crippen LogP contribution is 2.24. The minimum Gasteiger partial charge on any atom is -0.468 e. The summed E-state index contributed by atoms with van der Waals surface area (Å²) in [5.41, 5.74) is -0.686. The number of rotatable bonds is 7. The number of methoxy groups -OCH3 is 1. The molecule has 0 aliphatic heterocycles. The fourth-order valence-corrected chi connectivity index (χ4v) is 3.10. The SMILES string of the molecule is CCCNC(C)(CSc1nc(C)ns1)C(=O)OC. The van der Waals surface area contributed by atoms with Gasteiger partial charge in [0.2, 0.25) is 0 Å². The van der Waals surface area contributed by atoms with Gasteiger partial charge in [0.25, 0.3) is 0 Å². The highest BCUT2D eigenvalue weighted by molar-refractivity contribution is 8.01. The quantitative estimate of drug-likeness (QED) is 0.611. The number of carbonyl (C=O) groups excluding carboxylic acids is 1. The van der Waals surface area contributed by atoms with Gasteiger partial charge in [0.1, 0.15) is 11.4 Å². The molecule has 5 nitrogen and oxygen atoms in total. The van der Waals surface area contributed by atoms with Crippen LogP contribution >= 0.6 is 23.3 Å². The number of aromatic nitrogens is 2. The third kappa shape index (κ3) is 4.22. The molecule has 102 valence electrons. The van der Waals surface area contributed by atoms with Crippen LogP contribution in [0.1, 0.15) is 26.1 Å². The molecule has 1 unspecified atom stereocenters. The van der Waals surface area contributed by atoms with E-state index in [1.54, 1.807) is 0 Å². The second-order valence-electron chi connectivity index (χ2n) is 4.15. The molecule has 1 atom stereocenters. The molecule has 1 heterocycles. The smallest absolute Gasteiger partial charge is 0.326 e. The number of nitrogens with one attached hydrogen (secondary N) is 1. The molecule has 0 aliphatic carbocycles. The first-order chi connectivity index (χ1) is 8.51. The number of hydrogen-bond acceptors (Lipinski definition) is 7. The zero-order chi connectivity index (χ0) is 13.6. The molecule has 0 spiro atoms. The number of ether oxygens (including phenoxy) is 1. The third-order valence-electron chi connectivity index (χ3n) is 2.39. The van der Waals surface area contributed by atoms with Gasteiger partial charge in [-0.25, -0.2) is 4.98 Å². The van der Waals surface area contributed by atoms with Crippen molar-refractivity contribution < 1.29 is 9.53 Å². The fourth-order valence-electron chi connectivity index (χ4n) is 1.35. The van der Waals surface area contributed by atoms with Crippen molar-refractivity contribution in [3.05, 3.63) is 5.82 Å². The van der Waals surface area contributed by atoms with Gasteiger partial charge in [-0.1, -0.05) is 18.7 Å². The number of hydrogen-bond donors (Lipinski definition) is 1. The first-order valence-corrected chi connectivity index (χ1v) is 7.54. The van der Waals surface area contributed by atoms with Crippen molar-refractivity contribution in [2.75, 3.05) is 19.4 Å². The monoisotopic (exact) mass is 289 g/mol.